The predicted octanol–water partition coefficient (Wildman–Crippen LogP) is 3.34. The number of ether oxygens (including phenoxy) is 1. The normalized spacial score (nSPS) is 14.2. The zero-order chi connectivity index (χ0) is 21.3. The maximum atomic E-state index is 12.5. The molecule has 1 saturated heterocycles. The van der Waals surface area contributed by atoms with Crippen molar-refractivity contribution in [2.75, 3.05) is 44.7 Å². The third-order valence-electron chi connectivity index (χ3n) is 5.17. The van der Waals surface area contributed by atoms with E-state index in [-0.39, 0.29) is 5.91 Å². The van der Waals surface area contributed by atoms with Gasteiger partial charge in [0.1, 0.15) is 12.1 Å². The van der Waals surface area contributed by atoms with Gasteiger partial charge in [-0.05, 0) is 31.2 Å². The van der Waals surface area contributed by atoms with Gasteiger partial charge in [-0.1, -0.05) is 36.4 Å². The van der Waals surface area contributed by atoms with Crippen molar-refractivity contribution in [3.8, 4) is 11.3 Å². The highest BCUT2D eigenvalue weighted by atomic mass is 16.5. The van der Waals surface area contributed by atoms with E-state index < -0.39 is 0 Å². The lowest BCUT2D eigenvalue weighted by molar-refractivity contribution is 0.0374. The molecule has 7 nitrogen and oxygen atoms in total. The van der Waals surface area contributed by atoms with Crippen LogP contribution in [0.2, 0.25) is 0 Å². The summed E-state index contributed by atoms with van der Waals surface area (Å²) in [5.41, 5.74) is 3.29. The van der Waals surface area contributed by atoms with Gasteiger partial charge in [0.05, 0.1) is 18.9 Å². The summed E-state index contributed by atoms with van der Waals surface area (Å²) in [7, 11) is 0. The van der Waals surface area contributed by atoms with Crippen LogP contribution in [0.15, 0.2) is 67.0 Å². The molecule has 160 valence electrons. The van der Waals surface area contributed by atoms with Gasteiger partial charge < -0.3 is 15.4 Å². The standard InChI is InChI=1S/C24H27N5O2/c30-24(25-10-5-11-29-12-14-31-15-13-29)20-8-4-9-21(16-20)28-23-17-22(26-18-27-23)19-6-2-1-3-7-19/h1-4,6-9,16-18H,5,10-15H2,(H,25,30)(H,26,27,28). The van der Waals surface area contributed by atoms with Crippen molar-refractivity contribution in [2.45, 2.75) is 6.42 Å². The summed E-state index contributed by atoms with van der Waals surface area (Å²) in [4.78, 5) is 23.6. The van der Waals surface area contributed by atoms with E-state index in [9.17, 15) is 4.79 Å². The molecule has 0 saturated carbocycles. The molecule has 1 aliphatic rings. The number of hydrogen-bond donors (Lipinski definition) is 2. The second-order valence-corrected chi connectivity index (χ2v) is 7.42. The number of morpholine rings is 1. The van der Waals surface area contributed by atoms with Gasteiger partial charge in [0.15, 0.2) is 0 Å². The molecular formula is C24H27N5O2. The van der Waals surface area contributed by atoms with Gasteiger partial charge in [0, 0.05) is 42.5 Å². The number of anilines is 2. The minimum Gasteiger partial charge on any atom is -0.379 e. The summed E-state index contributed by atoms with van der Waals surface area (Å²) in [6.45, 7) is 5.16. The van der Waals surface area contributed by atoms with Crippen LogP contribution in [0.1, 0.15) is 16.8 Å². The first-order chi connectivity index (χ1) is 15.3. The van der Waals surface area contributed by atoms with E-state index in [4.69, 9.17) is 4.74 Å². The molecule has 3 aromatic rings. The van der Waals surface area contributed by atoms with Crippen molar-refractivity contribution < 1.29 is 9.53 Å². The lowest BCUT2D eigenvalue weighted by Crippen LogP contribution is -2.38. The Labute approximate surface area is 182 Å². The summed E-state index contributed by atoms with van der Waals surface area (Å²) in [6, 6.07) is 19.3. The SMILES string of the molecule is O=C(NCCCN1CCOCC1)c1cccc(Nc2cc(-c3ccccc3)ncn2)c1. The third kappa shape index (κ3) is 6.10. The van der Waals surface area contributed by atoms with Gasteiger partial charge in [-0.15, -0.1) is 0 Å². The molecule has 31 heavy (non-hydrogen) atoms. The molecule has 0 aliphatic carbocycles. The summed E-state index contributed by atoms with van der Waals surface area (Å²) in [6.07, 6.45) is 2.46. The van der Waals surface area contributed by atoms with Gasteiger partial charge in [0.25, 0.3) is 5.91 Å². The number of aromatic nitrogens is 2. The first kappa shape index (κ1) is 21.0. The molecule has 2 heterocycles. The molecule has 1 aromatic heterocycles. The average molecular weight is 418 g/mol. The fourth-order valence-electron chi connectivity index (χ4n) is 3.51. The number of nitrogens with zero attached hydrogens (tertiary/aromatic N) is 3. The topological polar surface area (TPSA) is 79.4 Å². The molecule has 4 rings (SSSR count). The second kappa shape index (κ2) is 10.7. The van der Waals surface area contributed by atoms with E-state index in [0.717, 1.165) is 56.2 Å². The van der Waals surface area contributed by atoms with Gasteiger partial charge >= 0.3 is 0 Å². The van der Waals surface area contributed by atoms with E-state index in [2.05, 4.69) is 25.5 Å². The Bertz CT molecular complexity index is 990. The molecule has 1 amide bonds. The Balaban J connectivity index is 1.32. The summed E-state index contributed by atoms with van der Waals surface area (Å²) in [5.74, 6) is 0.607. The Morgan fingerprint density at radius 2 is 1.84 bits per heavy atom. The minimum atomic E-state index is -0.0710. The van der Waals surface area contributed by atoms with Gasteiger partial charge in [0.2, 0.25) is 0 Å². The summed E-state index contributed by atoms with van der Waals surface area (Å²) in [5, 5.41) is 6.28. The van der Waals surface area contributed by atoms with Crippen LogP contribution in [0, 0.1) is 0 Å². The number of benzene rings is 2. The number of rotatable bonds is 8. The number of carbonyl (C=O) groups excluding carboxylic acids is 1. The molecule has 1 fully saturated rings. The van der Waals surface area contributed by atoms with Gasteiger partial charge in [-0.25, -0.2) is 9.97 Å². The molecule has 2 N–H and O–H groups in total. The molecule has 2 aromatic carbocycles. The third-order valence-corrected chi connectivity index (χ3v) is 5.17. The Morgan fingerprint density at radius 3 is 2.68 bits per heavy atom. The Kier molecular flexibility index (Phi) is 7.20. The largest absolute Gasteiger partial charge is 0.379 e. The van der Waals surface area contributed by atoms with Crippen molar-refractivity contribution in [1.82, 2.24) is 20.2 Å². The number of amides is 1. The first-order valence-electron chi connectivity index (χ1n) is 10.6. The minimum absolute atomic E-state index is 0.0710. The molecule has 0 unspecified atom stereocenters. The molecule has 7 heteroatoms. The molecule has 0 spiro atoms. The van der Waals surface area contributed by atoms with Crippen LogP contribution in [0.5, 0.6) is 0 Å². The average Bonchev–Trinajstić information content (AvgIpc) is 2.83. The number of hydrogen-bond acceptors (Lipinski definition) is 6. The fraction of sp³-hybridized carbons (Fsp3) is 0.292. The van der Waals surface area contributed by atoms with Crippen molar-refractivity contribution in [3.05, 3.63) is 72.6 Å². The van der Waals surface area contributed by atoms with Crippen molar-refractivity contribution in [3.63, 3.8) is 0 Å². The van der Waals surface area contributed by atoms with Crippen molar-refractivity contribution in [2.24, 2.45) is 0 Å². The first-order valence-corrected chi connectivity index (χ1v) is 10.6. The van der Waals surface area contributed by atoms with Gasteiger partial charge in [-0.3, -0.25) is 9.69 Å². The highest BCUT2D eigenvalue weighted by Crippen LogP contribution is 2.21. The zero-order valence-corrected chi connectivity index (χ0v) is 17.5. The smallest absolute Gasteiger partial charge is 0.251 e. The van der Waals surface area contributed by atoms with Crippen LogP contribution in [-0.4, -0.2) is 60.2 Å². The maximum absolute atomic E-state index is 12.5. The van der Waals surface area contributed by atoms with Crippen LogP contribution in [0.4, 0.5) is 11.5 Å². The van der Waals surface area contributed by atoms with Crippen LogP contribution < -0.4 is 10.6 Å². The number of carbonyl (C=O) groups is 1. The molecule has 0 atom stereocenters. The van der Waals surface area contributed by atoms with E-state index in [1.807, 2.05) is 60.7 Å². The molecule has 0 bridgehead atoms. The van der Waals surface area contributed by atoms with Crippen molar-refractivity contribution in [1.29, 1.82) is 0 Å². The van der Waals surface area contributed by atoms with Crippen LogP contribution in [0.3, 0.4) is 0 Å². The summed E-state index contributed by atoms with van der Waals surface area (Å²) >= 11 is 0. The highest BCUT2D eigenvalue weighted by molar-refractivity contribution is 5.95. The van der Waals surface area contributed by atoms with E-state index in [1.165, 1.54) is 6.33 Å². The van der Waals surface area contributed by atoms with E-state index in [1.54, 1.807) is 0 Å². The highest BCUT2D eigenvalue weighted by Gasteiger charge is 2.11. The number of nitrogens with one attached hydrogen (secondary N) is 2. The Hall–Kier alpha value is -3.29. The second-order valence-electron chi connectivity index (χ2n) is 7.42. The fourth-order valence-corrected chi connectivity index (χ4v) is 3.51. The lowest BCUT2D eigenvalue weighted by atomic mass is 10.1. The van der Waals surface area contributed by atoms with E-state index in [0.29, 0.717) is 17.9 Å². The van der Waals surface area contributed by atoms with Crippen LogP contribution in [-0.2, 0) is 4.74 Å². The van der Waals surface area contributed by atoms with Crippen molar-refractivity contribution >= 4 is 17.4 Å². The Morgan fingerprint density at radius 1 is 1.00 bits per heavy atom. The zero-order valence-electron chi connectivity index (χ0n) is 17.5. The monoisotopic (exact) mass is 417 g/mol. The molecule has 1 aliphatic heterocycles. The van der Waals surface area contributed by atoms with Crippen LogP contribution >= 0.6 is 0 Å². The van der Waals surface area contributed by atoms with E-state index >= 15 is 0 Å². The lowest BCUT2D eigenvalue weighted by Gasteiger charge is -2.26. The molecule has 0 radical (unpaired) electrons. The molecular weight excluding hydrogens is 390 g/mol. The van der Waals surface area contributed by atoms with Gasteiger partial charge in [-0.2, -0.15) is 0 Å². The summed E-state index contributed by atoms with van der Waals surface area (Å²) < 4.78 is 5.36. The quantitative estimate of drug-likeness (QED) is 0.548. The maximum Gasteiger partial charge on any atom is 0.251 e. The predicted molar refractivity (Wildman–Crippen MR) is 121 cm³/mol. The van der Waals surface area contributed by atoms with Crippen LogP contribution in [0.25, 0.3) is 11.3 Å².